The van der Waals surface area contributed by atoms with E-state index in [0.717, 1.165) is 12.8 Å². The van der Waals surface area contributed by atoms with Gasteiger partial charge in [0.15, 0.2) is 5.89 Å². The van der Waals surface area contributed by atoms with Crippen LogP contribution in [0.1, 0.15) is 30.3 Å². The van der Waals surface area contributed by atoms with Crippen molar-refractivity contribution in [3.05, 3.63) is 70.7 Å². The lowest BCUT2D eigenvalue weighted by Crippen LogP contribution is -2.25. The lowest BCUT2D eigenvalue weighted by molar-refractivity contribution is -0.274. The van der Waals surface area contributed by atoms with Gasteiger partial charge >= 0.3 is 6.36 Å². The third-order valence-corrected chi connectivity index (χ3v) is 4.95. The van der Waals surface area contributed by atoms with E-state index in [9.17, 15) is 18.0 Å². The van der Waals surface area contributed by atoms with Gasteiger partial charge in [-0.25, -0.2) is 9.67 Å². The second kappa shape index (κ2) is 7.22. The minimum atomic E-state index is -4.75. The van der Waals surface area contributed by atoms with Crippen molar-refractivity contribution in [1.29, 1.82) is 0 Å². The molecule has 1 saturated carbocycles. The maximum absolute atomic E-state index is 12.9. The molecule has 0 atom stereocenters. The van der Waals surface area contributed by atoms with Gasteiger partial charge in [-0.1, -0.05) is 23.4 Å². The molecule has 0 aliphatic heterocycles. The molecule has 31 heavy (non-hydrogen) atoms. The molecular formula is C21H15F3N4O3. The Balaban J connectivity index is 1.44. The van der Waals surface area contributed by atoms with E-state index in [1.165, 1.54) is 35.2 Å². The van der Waals surface area contributed by atoms with Gasteiger partial charge in [-0.05, 0) is 48.2 Å². The molecule has 2 aromatic heterocycles. The Morgan fingerprint density at radius 3 is 2.55 bits per heavy atom. The van der Waals surface area contributed by atoms with E-state index in [0.29, 0.717) is 39.5 Å². The maximum atomic E-state index is 12.9. The van der Waals surface area contributed by atoms with Crippen LogP contribution in [0.15, 0.2) is 57.9 Å². The van der Waals surface area contributed by atoms with Crippen LogP contribution < -0.4 is 10.3 Å². The molecule has 7 nitrogen and oxygen atoms in total. The second-order valence-corrected chi connectivity index (χ2v) is 7.31. The molecule has 1 aliphatic carbocycles. The molecule has 0 saturated heterocycles. The lowest BCUT2D eigenvalue weighted by Gasteiger charge is -2.10. The van der Waals surface area contributed by atoms with Gasteiger partial charge in [0.2, 0.25) is 0 Å². The van der Waals surface area contributed by atoms with Crippen LogP contribution in [0.2, 0.25) is 0 Å². The minimum absolute atomic E-state index is 0.131. The van der Waals surface area contributed by atoms with Crippen molar-refractivity contribution in [3.63, 3.8) is 0 Å². The van der Waals surface area contributed by atoms with Crippen molar-refractivity contribution in [2.24, 2.45) is 0 Å². The zero-order valence-electron chi connectivity index (χ0n) is 16.0. The molecule has 0 spiro atoms. The largest absolute Gasteiger partial charge is 0.573 e. The Morgan fingerprint density at radius 1 is 1.10 bits per heavy atom. The molecule has 0 radical (unpaired) electrons. The topological polar surface area (TPSA) is 83.0 Å². The first-order chi connectivity index (χ1) is 14.9. The predicted octanol–water partition coefficient (Wildman–Crippen LogP) is 4.27. The lowest BCUT2D eigenvalue weighted by atomic mass is 10.0. The molecule has 0 unspecified atom stereocenters. The Labute approximate surface area is 173 Å². The van der Waals surface area contributed by atoms with E-state index in [-0.39, 0.29) is 17.9 Å². The first-order valence-electron chi connectivity index (χ1n) is 9.54. The summed E-state index contributed by atoms with van der Waals surface area (Å²) in [6, 6.07) is 10.4. The highest BCUT2D eigenvalue weighted by molar-refractivity contribution is 5.83. The number of alkyl halides is 3. The van der Waals surface area contributed by atoms with E-state index in [1.54, 1.807) is 18.2 Å². The van der Waals surface area contributed by atoms with Crippen LogP contribution in [0.25, 0.3) is 22.0 Å². The van der Waals surface area contributed by atoms with Crippen LogP contribution in [-0.2, 0) is 6.54 Å². The molecule has 0 N–H and O–H groups in total. The van der Waals surface area contributed by atoms with Crippen LogP contribution in [0.4, 0.5) is 13.2 Å². The van der Waals surface area contributed by atoms with E-state index in [4.69, 9.17) is 4.42 Å². The van der Waals surface area contributed by atoms with Gasteiger partial charge in [-0.3, -0.25) is 4.79 Å². The first kappa shape index (κ1) is 19.3. The van der Waals surface area contributed by atoms with E-state index < -0.39 is 6.36 Å². The molecule has 10 heteroatoms. The molecule has 0 amide bonds. The van der Waals surface area contributed by atoms with Gasteiger partial charge in [0.25, 0.3) is 5.56 Å². The fraction of sp³-hybridized carbons (Fsp3) is 0.238. The zero-order chi connectivity index (χ0) is 21.6. The third-order valence-electron chi connectivity index (χ3n) is 4.95. The fourth-order valence-corrected chi connectivity index (χ4v) is 3.27. The Morgan fingerprint density at radius 2 is 1.84 bits per heavy atom. The summed E-state index contributed by atoms with van der Waals surface area (Å²) in [7, 11) is 0. The highest BCUT2D eigenvalue weighted by Gasteiger charge is 2.31. The number of aromatic nitrogens is 4. The van der Waals surface area contributed by atoms with Crippen molar-refractivity contribution >= 4 is 10.9 Å². The van der Waals surface area contributed by atoms with E-state index >= 15 is 0 Å². The number of hydrogen-bond acceptors (Lipinski definition) is 6. The number of rotatable bonds is 5. The highest BCUT2D eigenvalue weighted by atomic mass is 19.4. The van der Waals surface area contributed by atoms with Crippen LogP contribution in [0, 0.1) is 0 Å². The molecular weight excluding hydrogens is 413 g/mol. The Kier molecular flexibility index (Phi) is 4.49. The first-order valence-corrected chi connectivity index (χ1v) is 9.54. The second-order valence-electron chi connectivity index (χ2n) is 7.31. The monoisotopic (exact) mass is 428 g/mol. The van der Waals surface area contributed by atoms with E-state index in [1.807, 2.05) is 0 Å². The van der Waals surface area contributed by atoms with Gasteiger partial charge in [-0.2, -0.15) is 0 Å². The minimum Gasteiger partial charge on any atom is -0.448 e. The predicted molar refractivity (Wildman–Crippen MR) is 103 cm³/mol. The molecule has 5 rings (SSSR count). The molecule has 1 aliphatic rings. The summed E-state index contributed by atoms with van der Waals surface area (Å²) < 4.78 is 47.6. The molecule has 0 bridgehead atoms. The van der Waals surface area contributed by atoms with Crippen LogP contribution in [0.5, 0.6) is 5.75 Å². The molecule has 158 valence electrons. The number of ether oxygens (including phenoxy) is 1. The summed E-state index contributed by atoms with van der Waals surface area (Å²) in [5.41, 5.74) is 1.94. The summed E-state index contributed by atoms with van der Waals surface area (Å²) in [6.45, 7) is 0.131. The molecule has 1 fully saturated rings. The SMILES string of the molecule is O=c1c2cc(-c3ccc(OC(F)(F)F)cc3)ccc2nnn1Cc1coc(C2CC2)n1. The molecule has 2 aromatic carbocycles. The van der Waals surface area contributed by atoms with Crippen LogP contribution in [-0.4, -0.2) is 26.3 Å². The van der Waals surface area contributed by atoms with Crippen molar-refractivity contribution in [1.82, 2.24) is 20.0 Å². The smallest absolute Gasteiger partial charge is 0.448 e. The summed E-state index contributed by atoms with van der Waals surface area (Å²) in [6.07, 6.45) is -1.12. The van der Waals surface area contributed by atoms with Gasteiger partial charge in [0.05, 0.1) is 11.9 Å². The highest BCUT2D eigenvalue weighted by Crippen LogP contribution is 2.39. The summed E-state index contributed by atoms with van der Waals surface area (Å²) >= 11 is 0. The number of halogens is 3. The summed E-state index contributed by atoms with van der Waals surface area (Å²) in [5, 5.41) is 8.40. The zero-order valence-corrected chi connectivity index (χ0v) is 16.0. The standard InChI is InChI=1S/C21H15F3N4O3/c22-21(23,24)31-16-6-3-12(4-7-16)14-5-8-18-17(9-14)20(29)28(27-26-18)10-15-11-30-19(25-15)13-1-2-13/h3-9,11,13H,1-2,10H2. The van der Waals surface area contributed by atoms with E-state index in [2.05, 4.69) is 20.0 Å². The quantitative estimate of drug-likeness (QED) is 0.472. The van der Waals surface area contributed by atoms with Crippen LogP contribution in [0.3, 0.4) is 0 Å². The van der Waals surface area contributed by atoms with Crippen molar-refractivity contribution in [3.8, 4) is 16.9 Å². The normalized spacial score (nSPS) is 14.2. The van der Waals surface area contributed by atoms with Crippen molar-refractivity contribution < 1.29 is 22.3 Å². The van der Waals surface area contributed by atoms with Crippen LogP contribution >= 0.6 is 0 Å². The summed E-state index contributed by atoms with van der Waals surface area (Å²) in [5.74, 6) is 0.726. The molecule has 2 heterocycles. The number of benzene rings is 2. The van der Waals surface area contributed by atoms with Gasteiger partial charge in [0.1, 0.15) is 23.2 Å². The van der Waals surface area contributed by atoms with Gasteiger partial charge in [-0.15, -0.1) is 18.3 Å². The number of oxazole rings is 1. The Hall–Kier alpha value is -3.69. The van der Waals surface area contributed by atoms with Gasteiger partial charge < -0.3 is 9.15 Å². The number of fused-ring (bicyclic) bond motifs is 1. The van der Waals surface area contributed by atoms with Crippen molar-refractivity contribution in [2.45, 2.75) is 31.7 Å². The number of hydrogen-bond donors (Lipinski definition) is 0. The third kappa shape index (κ3) is 4.14. The van der Waals surface area contributed by atoms with Gasteiger partial charge in [0, 0.05) is 5.92 Å². The average Bonchev–Trinajstić information content (AvgIpc) is 3.48. The molecule has 4 aromatic rings. The maximum Gasteiger partial charge on any atom is 0.573 e. The number of nitrogens with zero attached hydrogens (tertiary/aromatic N) is 4. The Bertz CT molecular complexity index is 1310. The summed E-state index contributed by atoms with van der Waals surface area (Å²) in [4.78, 5) is 17.3. The fourth-order valence-electron chi connectivity index (χ4n) is 3.27. The average molecular weight is 428 g/mol. The van der Waals surface area contributed by atoms with Crippen molar-refractivity contribution in [2.75, 3.05) is 0 Å².